The van der Waals surface area contributed by atoms with Gasteiger partial charge in [-0.3, -0.25) is 9.78 Å². The number of hydrogen-bond donors (Lipinski definition) is 2. The van der Waals surface area contributed by atoms with Gasteiger partial charge < -0.3 is 19.4 Å². The first-order valence-corrected chi connectivity index (χ1v) is 13.5. The zero-order chi connectivity index (χ0) is 24.0. The van der Waals surface area contributed by atoms with E-state index in [9.17, 15) is 4.79 Å². The standard InChI is InChI=1S/C27H33N5O2S/c1-21-29-26(20-35-21)27(33)32-10-7-24(8-11-32)34-25-6-2-4-22(16-25)18-30-12-14-31(15-13-30)19-23-5-3-9-28-17-23/h2-6,9,16-17,20,24H,7-8,10-15,18-19H2,1H3/p+2. The van der Waals surface area contributed by atoms with Crippen molar-refractivity contribution in [3.05, 3.63) is 76.0 Å². The van der Waals surface area contributed by atoms with Crippen LogP contribution in [0.2, 0.25) is 0 Å². The number of hydrogen-bond acceptors (Lipinski definition) is 5. The van der Waals surface area contributed by atoms with Crippen molar-refractivity contribution in [2.75, 3.05) is 39.3 Å². The normalized spacial score (nSPS) is 21.1. The molecule has 0 bridgehead atoms. The number of nitrogens with zero attached hydrogens (tertiary/aromatic N) is 3. The number of ether oxygens (including phenoxy) is 1. The average Bonchev–Trinajstić information content (AvgIpc) is 3.32. The van der Waals surface area contributed by atoms with Crippen LogP contribution in [0.4, 0.5) is 0 Å². The third-order valence-corrected chi connectivity index (χ3v) is 7.84. The number of quaternary nitrogens is 2. The van der Waals surface area contributed by atoms with Gasteiger partial charge in [0, 0.05) is 54.8 Å². The van der Waals surface area contributed by atoms with Gasteiger partial charge in [-0.05, 0) is 25.1 Å². The molecule has 2 aromatic heterocycles. The van der Waals surface area contributed by atoms with Gasteiger partial charge in [0.15, 0.2) is 0 Å². The molecule has 2 saturated heterocycles. The monoisotopic (exact) mass is 493 g/mol. The van der Waals surface area contributed by atoms with Crippen LogP contribution in [0.15, 0.2) is 54.2 Å². The molecule has 0 radical (unpaired) electrons. The van der Waals surface area contributed by atoms with Crippen LogP contribution in [-0.2, 0) is 13.1 Å². The van der Waals surface area contributed by atoms with Gasteiger partial charge in [0.1, 0.15) is 56.8 Å². The van der Waals surface area contributed by atoms with Gasteiger partial charge in [-0.2, -0.15) is 0 Å². The van der Waals surface area contributed by atoms with E-state index in [0.29, 0.717) is 5.69 Å². The van der Waals surface area contributed by atoms with Gasteiger partial charge in [-0.15, -0.1) is 11.3 Å². The minimum Gasteiger partial charge on any atom is -0.490 e. The molecule has 5 rings (SSSR count). The van der Waals surface area contributed by atoms with Crippen LogP contribution in [0.5, 0.6) is 5.75 Å². The van der Waals surface area contributed by atoms with Crippen LogP contribution in [0.3, 0.4) is 0 Å². The fraction of sp³-hybridized carbons (Fsp3) is 0.444. The molecule has 35 heavy (non-hydrogen) atoms. The smallest absolute Gasteiger partial charge is 0.273 e. The first kappa shape index (κ1) is 23.9. The molecule has 0 unspecified atom stereocenters. The van der Waals surface area contributed by atoms with E-state index >= 15 is 0 Å². The number of pyridine rings is 1. The largest absolute Gasteiger partial charge is 0.490 e. The minimum absolute atomic E-state index is 0.0418. The highest BCUT2D eigenvalue weighted by molar-refractivity contribution is 7.09. The van der Waals surface area contributed by atoms with Gasteiger partial charge in [0.25, 0.3) is 5.91 Å². The van der Waals surface area contributed by atoms with Crippen LogP contribution in [0, 0.1) is 6.92 Å². The van der Waals surface area contributed by atoms with E-state index in [1.807, 2.05) is 35.7 Å². The Kier molecular flexibility index (Phi) is 7.71. The lowest BCUT2D eigenvalue weighted by Crippen LogP contribution is -3.27. The van der Waals surface area contributed by atoms with Crippen LogP contribution in [0.1, 0.15) is 39.5 Å². The molecular weight excluding hydrogens is 458 g/mol. The van der Waals surface area contributed by atoms with Crippen molar-refractivity contribution >= 4 is 17.2 Å². The third kappa shape index (κ3) is 6.45. The van der Waals surface area contributed by atoms with E-state index in [2.05, 4.69) is 40.3 Å². The first-order valence-electron chi connectivity index (χ1n) is 12.7. The van der Waals surface area contributed by atoms with Gasteiger partial charge in [-0.1, -0.05) is 18.2 Å². The van der Waals surface area contributed by atoms with Crippen molar-refractivity contribution in [2.24, 2.45) is 0 Å². The molecule has 2 aliphatic heterocycles. The lowest BCUT2D eigenvalue weighted by molar-refractivity contribution is -1.02. The highest BCUT2D eigenvalue weighted by atomic mass is 32.1. The SMILES string of the molecule is Cc1nc(C(=O)N2CCC(Oc3cccc(C[NH+]4CC[NH+](Cc5cccnc5)CC4)c3)CC2)cs1. The first-order chi connectivity index (χ1) is 17.1. The highest BCUT2D eigenvalue weighted by Gasteiger charge is 2.26. The van der Waals surface area contributed by atoms with Crippen molar-refractivity contribution < 1.29 is 19.3 Å². The minimum atomic E-state index is 0.0418. The van der Waals surface area contributed by atoms with Crippen molar-refractivity contribution in [1.29, 1.82) is 0 Å². The van der Waals surface area contributed by atoms with Crippen LogP contribution >= 0.6 is 11.3 Å². The number of likely N-dealkylation sites (tertiary alicyclic amines) is 1. The Morgan fingerprint density at radius 1 is 1.06 bits per heavy atom. The Balaban J connectivity index is 1.07. The number of aryl methyl sites for hydroxylation is 1. The van der Waals surface area contributed by atoms with Gasteiger partial charge >= 0.3 is 0 Å². The summed E-state index contributed by atoms with van der Waals surface area (Å²) in [6.45, 7) is 10.2. The van der Waals surface area contributed by atoms with E-state index in [1.165, 1.54) is 48.6 Å². The van der Waals surface area contributed by atoms with Crippen LogP contribution in [0.25, 0.3) is 0 Å². The second kappa shape index (κ2) is 11.3. The lowest BCUT2D eigenvalue weighted by Gasteiger charge is -2.32. The predicted octanol–water partition coefficient (Wildman–Crippen LogP) is 1.01. The summed E-state index contributed by atoms with van der Waals surface area (Å²) >= 11 is 1.52. The third-order valence-electron chi connectivity index (χ3n) is 7.06. The maximum absolute atomic E-state index is 12.6. The van der Waals surface area contributed by atoms with Crippen molar-refractivity contribution in [3.63, 3.8) is 0 Å². The second-order valence-electron chi connectivity index (χ2n) is 9.72. The Hall–Kier alpha value is -2.81. The Morgan fingerprint density at radius 3 is 2.43 bits per heavy atom. The molecule has 8 heteroatoms. The number of piperazine rings is 1. The molecule has 4 heterocycles. The number of rotatable bonds is 7. The molecule has 1 amide bonds. The summed E-state index contributed by atoms with van der Waals surface area (Å²) in [5.41, 5.74) is 3.23. The summed E-state index contributed by atoms with van der Waals surface area (Å²) < 4.78 is 6.34. The maximum Gasteiger partial charge on any atom is 0.273 e. The number of piperidine rings is 1. The number of benzene rings is 1. The summed E-state index contributed by atoms with van der Waals surface area (Å²) in [7, 11) is 0. The molecule has 2 aliphatic rings. The van der Waals surface area contributed by atoms with Gasteiger partial charge in [0.2, 0.25) is 0 Å². The number of nitrogens with one attached hydrogen (secondary N) is 2. The zero-order valence-corrected chi connectivity index (χ0v) is 21.2. The van der Waals surface area contributed by atoms with Crippen molar-refractivity contribution in [2.45, 2.75) is 39.0 Å². The number of thiazole rings is 1. The molecule has 0 saturated carbocycles. The van der Waals surface area contributed by atoms with E-state index in [1.54, 1.807) is 9.80 Å². The summed E-state index contributed by atoms with van der Waals surface area (Å²) in [5.74, 6) is 0.989. The van der Waals surface area contributed by atoms with E-state index in [4.69, 9.17) is 4.74 Å². The van der Waals surface area contributed by atoms with Gasteiger partial charge in [-0.25, -0.2) is 4.98 Å². The molecule has 1 aromatic carbocycles. The Morgan fingerprint density at radius 2 is 1.77 bits per heavy atom. The number of amides is 1. The lowest BCUT2D eigenvalue weighted by atomic mass is 10.1. The zero-order valence-electron chi connectivity index (χ0n) is 20.4. The van der Waals surface area contributed by atoms with Crippen LogP contribution < -0.4 is 14.5 Å². The molecule has 2 N–H and O–H groups in total. The number of carbonyl (C=O) groups excluding carboxylic acids is 1. The predicted molar refractivity (Wildman–Crippen MR) is 136 cm³/mol. The van der Waals surface area contributed by atoms with Crippen molar-refractivity contribution in [1.82, 2.24) is 14.9 Å². The molecule has 0 atom stereocenters. The molecule has 0 spiro atoms. The summed E-state index contributed by atoms with van der Waals surface area (Å²) in [5, 5.41) is 2.79. The Bertz CT molecular complexity index is 1110. The molecule has 2 fully saturated rings. The highest BCUT2D eigenvalue weighted by Crippen LogP contribution is 2.21. The number of carbonyl (C=O) groups is 1. The topological polar surface area (TPSA) is 64.2 Å². The second-order valence-corrected chi connectivity index (χ2v) is 10.8. The van der Waals surface area contributed by atoms with Crippen molar-refractivity contribution in [3.8, 4) is 5.75 Å². The molecule has 184 valence electrons. The Labute approximate surface area is 211 Å². The van der Waals surface area contributed by atoms with E-state index in [-0.39, 0.29) is 12.0 Å². The van der Waals surface area contributed by atoms with E-state index in [0.717, 1.165) is 49.8 Å². The molecular formula is C27H35N5O2S+2. The fourth-order valence-electron chi connectivity index (χ4n) is 5.11. The van der Waals surface area contributed by atoms with Gasteiger partial charge in [0.05, 0.1) is 5.01 Å². The van der Waals surface area contributed by atoms with Crippen LogP contribution in [-0.4, -0.2) is 66.1 Å². The fourth-order valence-corrected chi connectivity index (χ4v) is 5.70. The summed E-state index contributed by atoms with van der Waals surface area (Å²) in [6.07, 6.45) is 5.69. The maximum atomic E-state index is 12.6. The quantitative estimate of drug-likeness (QED) is 0.516. The average molecular weight is 494 g/mol. The number of aromatic nitrogens is 2. The molecule has 7 nitrogen and oxygen atoms in total. The summed E-state index contributed by atoms with van der Waals surface area (Å²) in [4.78, 5) is 26.4. The summed E-state index contributed by atoms with van der Waals surface area (Å²) in [6, 6.07) is 12.8. The molecule has 3 aromatic rings. The van der Waals surface area contributed by atoms with E-state index < -0.39 is 0 Å². The molecule has 0 aliphatic carbocycles.